The van der Waals surface area contributed by atoms with Crippen LogP contribution in [-0.2, 0) is 11.8 Å². The van der Waals surface area contributed by atoms with Gasteiger partial charge in [0.05, 0.1) is 0 Å². The van der Waals surface area contributed by atoms with E-state index < -0.39 is 0 Å². The number of rotatable bonds is 4. The van der Waals surface area contributed by atoms with Crippen LogP contribution in [0.1, 0.15) is 37.2 Å². The minimum atomic E-state index is -0.00266. The van der Waals surface area contributed by atoms with Crippen molar-refractivity contribution in [3.8, 4) is 0 Å². The summed E-state index contributed by atoms with van der Waals surface area (Å²) in [5.74, 6) is 0.489. The number of carbonyl (C=O) groups is 2. The number of likely N-dealkylation sites (tertiary alicyclic amines) is 1. The normalized spacial score (nSPS) is 17.9. The highest BCUT2D eigenvalue weighted by Crippen LogP contribution is 2.22. The van der Waals surface area contributed by atoms with Crippen molar-refractivity contribution in [3.05, 3.63) is 36.0 Å². The Kier molecular flexibility index (Phi) is 5.11. The van der Waals surface area contributed by atoms with Gasteiger partial charge in [-0.3, -0.25) is 9.59 Å². The van der Waals surface area contributed by atoms with Gasteiger partial charge in [0, 0.05) is 43.5 Å². The Balaban J connectivity index is 1.69. The van der Waals surface area contributed by atoms with E-state index in [2.05, 4.69) is 5.32 Å². The van der Waals surface area contributed by atoms with Crippen LogP contribution < -0.4 is 5.32 Å². The smallest absolute Gasteiger partial charge is 0.270 e. The molecule has 134 valence electrons. The summed E-state index contributed by atoms with van der Waals surface area (Å²) in [6.45, 7) is 5.93. The molecule has 5 nitrogen and oxygen atoms in total. The van der Waals surface area contributed by atoms with Gasteiger partial charge in [-0.05, 0) is 30.9 Å². The molecular formula is C20H27N3O2. The Morgan fingerprint density at radius 3 is 2.76 bits per heavy atom. The predicted molar refractivity (Wildman–Crippen MR) is 99.4 cm³/mol. The number of aryl methyl sites for hydroxylation is 1. The van der Waals surface area contributed by atoms with Gasteiger partial charge in [-0.1, -0.05) is 32.0 Å². The van der Waals surface area contributed by atoms with Crippen molar-refractivity contribution in [1.82, 2.24) is 14.8 Å². The fourth-order valence-electron chi connectivity index (χ4n) is 3.52. The van der Waals surface area contributed by atoms with Crippen LogP contribution in [0, 0.1) is 11.8 Å². The third-order valence-corrected chi connectivity index (χ3v) is 5.07. The molecule has 0 aliphatic carbocycles. The third-order valence-electron chi connectivity index (χ3n) is 5.07. The lowest BCUT2D eigenvalue weighted by Crippen LogP contribution is -2.44. The number of nitrogens with zero attached hydrogens (tertiary/aromatic N) is 2. The summed E-state index contributed by atoms with van der Waals surface area (Å²) in [7, 11) is 1.94. The zero-order valence-corrected chi connectivity index (χ0v) is 15.3. The van der Waals surface area contributed by atoms with Gasteiger partial charge in [0.1, 0.15) is 5.69 Å². The van der Waals surface area contributed by atoms with Crippen LogP contribution in [0.3, 0.4) is 0 Å². The van der Waals surface area contributed by atoms with Crippen molar-refractivity contribution >= 4 is 22.7 Å². The second-order valence-corrected chi connectivity index (χ2v) is 7.31. The van der Waals surface area contributed by atoms with Gasteiger partial charge in [0.25, 0.3) is 5.91 Å². The standard InChI is InChI=1S/C20H27N3O2/c1-14(2)19(24)21-12-15-7-6-10-23(13-15)20(25)18-11-16-8-4-5-9-17(16)22(18)3/h4-5,8-9,11,14-15H,6-7,10,12-13H2,1-3H3,(H,21,24)/t15-/m0/s1. The van der Waals surface area contributed by atoms with Crippen molar-refractivity contribution in [1.29, 1.82) is 0 Å². The first-order valence-corrected chi connectivity index (χ1v) is 9.09. The topological polar surface area (TPSA) is 54.3 Å². The summed E-state index contributed by atoms with van der Waals surface area (Å²) in [5.41, 5.74) is 1.80. The van der Waals surface area contributed by atoms with Gasteiger partial charge in [-0.15, -0.1) is 0 Å². The highest BCUT2D eigenvalue weighted by molar-refractivity contribution is 5.98. The van der Waals surface area contributed by atoms with Crippen molar-refractivity contribution in [2.75, 3.05) is 19.6 Å². The lowest BCUT2D eigenvalue weighted by atomic mass is 9.97. The molecule has 0 unspecified atom stereocenters. The van der Waals surface area contributed by atoms with Crippen LogP contribution in [0.4, 0.5) is 0 Å². The Labute approximate surface area is 149 Å². The molecule has 1 aromatic carbocycles. The molecule has 5 heteroatoms. The largest absolute Gasteiger partial charge is 0.356 e. The highest BCUT2D eigenvalue weighted by Gasteiger charge is 2.26. The highest BCUT2D eigenvalue weighted by atomic mass is 16.2. The van der Waals surface area contributed by atoms with E-state index in [9.17, 15) is 9.59 Å². The molecule has 0 saturated carbocycles. The first-order valence-electron chi connectivity index (χ1n) is 9.09. The second kappa shape index (κ2) is 7.30. The molecule has 1 saturated heterocycles. The Hall–Kier alpha value is -2.30. The zero-order valence-electron chi connectivity index (χ0n) is 15.3. The summed E-state index contributed by atoms with van der Waals surface area (Å²) in [6, 6.07) is 10.0. The van der Waals surface area contributed by atoms with Crippen molar-refractivity contribution < 1.29 is 9.59 Å². The lowest BCUT2D eigenvalue weighted by molar-refractivity contribution is -0.124. The van der Waals surface area contributed by atoms with E-state index in [0.29, 0.717) is 19.0 Å². The van der Waals surface area contributed by atoms with Crippen molar-refractivity contribution in [3.63, 3.8) is 0 Å². The second-order valence-electron chi connectivity index (χ2n) is 7.31. The molecule has 1 atom stereocenters. The van der Waals surface area contributed by atoms with Gasteiger partial charge in [-0.25, -0.2) is 0 Å². The van der Waals surface area contributed by atoms with E-state index in [1.807, 2.05) is 60.7 Å². The van der Waals surface area contributed by atoms with Gasteiger partial charge in [-0.2, -0.15) is 0 Å². The molecule has 1 aromatic heterocycles. The summed E-state index contributed by atoms with van der Waals surface area (Å²) in [4.78, 5) is 26.7. The molecule has 1 aliphatic heterocycles. The van der Waals surface area contributed by atoms with Gasteiger partial charge < -0.3 is 14.8 Å². The Bertz CT molecular complexity index is 778. The van der Waals surface area contributed by atoms with E-state index in [4.69, 9.17) is 0 Å². The maximum absolute atomic E-state index is 13.0. The van der Waals surface area contributed by atoms with Gasteiger partial charge >= 0.3 is 0 Å². The number of nitrogens with one attached hydrogen (secondary N) is 1. The average molecular weight is 341 g/mol. The molecule has 1 fully saturated rings. The number of aromatic nitrogens is 1. The van der Waals surface area contributed by atoms with Crippen molar-refractivity contribution in [2.24, 2.45) is 18.9 Å². The maximum Gasteiger partial charge on any atom is 0.270 e. The van der Waals surface area contributed by atoms with E-state index in [-0.39, 0.29) is 17.7 Å². The van der Waals surface area contributed by atoms with Crippen LogP contribution >= 0.6 is 0 Å². The number of benzene rings is 1. The van der Waals surface area contributed by atoms with E-state index >= 15 is 0 Å². The number of carbonyl (C=O) groups excluding carboxylic acids is 2. The minimum Gasteiger partial charge on any atom is -0.356 e. The van der Waals surface area contributed by atoms with Crippen LogP contribution in [0.25, 0.3) is 10.9 Å². The molecule has 2 heterocycles. The summed E-state index contributed by atoms with van der Waals surface area (Å²) < 4.78 is 1.97. The zero-order chi connectivity index (χ0) is 18.0. The molecule has 2 amide bonds. The quantitative estimate of drug-likeness (QED) is 0.930. The fraction of sp³-hybridized carbons (Fsp3) is 0.500. The molecule has 1 aliphatic rings. The molecular weight excluding hydrogens is 314 g/mol. The monoisotopic (exact) mass is 341 g/mol. The molecule has 1 N–H and O–H groups in total. The van der Waals surface area contributed by atoms with Crippen LogP contribution in [0.5, 0.6) is 0 Å². The molecule has 0 bridgehead atoms. The first kappa shape index (κ1) is 17.5. The number of hydrogen-bond acceptors (Lipinski definition) is 2. The molecule has 0 spiro atoms. The third kappa shape index (κ3) is 3.70. The van der Waals surface area contributed by atoms with E-state index in [1.165, 1.54) is 0 Å². The van der Waals surface area contributed by atoms with E-state index in [1.54, 1.807) is 0 Å². The molecule has 2 aromatic rings. The number of hydrogen-bond donors (Lipinski definition) is 1. The molecule has 3 rings (SSSR count). The Morgan fingerprint density at radius 1 is 1.28 bits per heavy atom. The molecule has 0 radical (unpaired) electrons. The summed E-state index contributed by atoms with van der Waals surface area (Å²) in [6.07, 6.45) is 2.04. The van der Waals surface area contributed by atoms with Crippen LogP contribution in [0.15, 0.2) is 30.3 Å². The number of fused-ring (bicyclic) bond motifs is 1. The number of para-hydroxylation sites is 1. The molecule has 25 heavy (non-hydrogen) atoms. The van der Waals surface area contributed by atoms with Crippen LogP contribution in [-0.4, -0.2) is 40.9 Å². The Morgan fingerprint density at radius 2 is 2.04 bits per heavy atom. The predicted octanol–water partition coefficient (Wildman–Crippen LogP) is 2.80. The first-order chi connectivity index (χ1) is 12.0. The van der Waals surface area contributed by atoms with Gasteiger partial charge in [0.2, 0.25) is 5.91 Å². The summed E-state index contributed by atoms with van der Waals surface area (Å²) in [5, 5.41) is 4.09. The lowest BCUT2D eigenvalue weighted by Gasteiger charge is -2.33. The van der Waals surface area contributed by atoms with E-state index in [0.717, 1.165) is 36.0 Å². The van der Waals surface area contributed by atoms with Gasteiger partial charge in [0.15, 0.2) is 0 Å². The summed E-state index contributed by atoms with van der Waals surface area (Å²) >= 11 is 0. The van der Waals surface area contributed by atoms with Crippen LogP contribution in [0.2, 0.25) is 0 Å². The number of amides is 2. The van der Waals surface area contributed by atoms with Crippen molar-refractivity contribution in [2.45, 2.75) is 26.7 Å². The maximum atomic E-state index is 13.0. The number of piperidine rings is 1. The average Bonchev–Trinajstić information content (AvgIpc) is 2.96. The minimum absolute atomic E-state index is 0.00266. The fourth-order valence-corrected chi connectivity index (χ4v) is 3.52. The SMILES string of the molecule is CC(C)C(=O)NC[C@@H]1CCCN(C(=O)c2cc3ccccc3n2C)C1.